The second-order valence-electron chi connectivity index (χ2n) is 10.0. The van der Waals surface area contributed by atoms with E-state index in [1.54, 1.807) is 0 Å². The van der Waals surface area contributed by atoms with E-state index in [0.29, 0.717) is 0 Å². The maximum absolute atomic E-state index is 13.0. The van der Waals surface area contributed by atoms with E-state index < -0.39 is 105 Å². The first-order valence-electron chi connectivity index (χ1n) is 12.7. The molecular weight excluding hydrogens is 605 g/mol. The van der Waals surface area contributed by atoms with Crippen LogP contribution < -0.4 is 22.1 Å². The maximum Gasteiger partial charge on any atom is 0.475 e. The lowest BCUT2D eigenvalue weighted by Crippen LogP contribution is -2.69. The number of carbonyl (C=O) groups is 3. The Morgan fingerprint density at radius 3 is 2.44 bits per heavy atom. The van der Waals surface area contributed by atoms with Crippen LogP contribution in [0.3, 0.4) is 0 Å². The lowest BCUT2D eigenvalue weighted by atomic mass is 9.87. The summed E-state index contributed by atoms with van der Waals surface area (Å²) in [6, 6.07) is -1.67. The Hall–Kier alpha value is -3.04. The number of anilines is 1. The van der Waals surface area contributed by atoms with Crippen molar-refractivity contribution in [2.75, 3.05) is 12.3 Å². The minimum absolute atomic E-state index is 0.127. The maximum atomic E-state index is 13.0. The van der Waals surface area contributed by atoms with Crippen molar-refractivity contribution in [2.24, 2.45) is 0 Å². The van der Waals surface area contributed by atoms with E-state index in [0.717, 1.165) is 24.6 Å². The number of nitrogens with two attached hydrogens (primary N) is 1. The van der Waals surface area contributed by atoms with Crippen molar-refractivity contribution in [3.05, 3.63) is 22.7 Å². The highest BCUT2D eigenvalue weighted by atomic mass is 31.2. The number of phosphoric ester groups is 1. The molecule has 1 aromatic rings. The highest BCUT2D eigenvalue weighted by Gasteiger charge is 2.59. The first-order chi connectivity index (χ1) is 19.9. The summed E-state index contributed by atoms with van der Waals surface area (Å²) >= 11 is 0. The van der Waals surface area contributed by atoms with E-state index in [9.17, 15) is 54.2 Å². The fraction of sp³-hybridized carbons (Fsp3) is 0.682. The largest absolute Gasteiger partial charge is 0.477 e. The van der Waals surface area contributed by atoms with Gasteiger partial charge in [-0.15, -0.1) is 0 Å². The van der Waals surface area contributed by atoms with E-state index in [2.05, 4.69) is 15.6 Å². The van der Waals surface area contributed by atoms with Gasteiger partial charge in [-0.2, -0.15) is 4.98 Å². The second-order valence-corrected chi connectivity index (χ2v) is 11.4. The fourth-order valence-corrected chi connectivity index (χ4v) is 5.67. The molecule has 11 atom stereocenters. The van der Waals surface area contributed by atoms with Crippen LogP contribution in [0.25, 0.3) is 0 Å². The van der Waals surface area contributed by atoms with Crippen LogP contribution in [0.4, 0.5) is 5.82 Å². The van der Waals surface area contributed by atoms with Gasteiger partial charge >= 0.3 is 19.5 Å². The minimum Gasteiger partial charge on any atom is -0.477 e. The summed E-state index contributed by atoms with van der Waals surface area (Å²) in [7, 11) is -5.49. The molecule has 3 heterocycles. The Bertz CT molecular complexity index is 1290. The highest BCUT2D eigenvalue weighted by molar-refractivity contribution is 7.47. The number of aliphatic hydroxyl groups is 4. The van der Waals surface area contributed by atoms with Crippen LogP contribution in [-0.4, -0.2) is 119 Å². The van der Waals surface area contributed by atoms with Gasteiger partial charge < -0.3 is 56.3 Å². The summed E-state index contributed by atoms with van der Waals surface area (Å²) < 4.78 is 34.4. The summed E-state index contributed by atoms with van der Waals surface area (Å²) in [6.45, 7) is 2.35. The molecule has 1 aromatic heterocycles. The van der Waals surface area contributed by atoms with Gasteiger partial charge in [-0.3, -0.25) is 18.7 Å². The normalized spacial score (nSPS) is 33.6. The third-order valence-electron chi connectivity index (χ3n) is 6.64. The standard InChI is InChI=1S/C22H34N5O15P/c1-8(28)14(24-9(2)29)18-15(25-10(3)30)11(31)6-22(41-18,20(34)35)42-43(37,38)39-7-12-16(32)17(33)19(40-12)27-5-4-13(23)26-21(27)36/h4-5,8,11-12,14-19,28,31-33H,6-7H2,1-3H3,(H,24,29)(H,25,30)(H,34,35)(H,37,38)(H2,23,26,36)/t8-,11+,12-,14-,15-,16-,17-,18+,19-,22+/m1/s1. The number of aliphatic carboxylic acids is 1. The number of aromatic nitrogens is 2. The zero-order chi connectivity index (χ0) is 32.4. The number of nitrogens with one attached hydrogen (secondary N) is 2. The second kappa shape index (κ2) is 13.3. The number of carboxylic acid groups (broad SMARTS) is 1. The molecule has 0 aliphatic carbocycles. The summed E-state index contributed by atoms with van der Waals surface area (Å²) in [5.74, 6) is -6.68. The van der Waals surface area contributed by atoms with Gasteiger partial charge in [-0.25, -0.2) is 18.7 Å². The zero-order valence-corrected chi connectivity index (χ0v) is 23.9. The van der Waals surface area contributed by atoms with E-state index >= 15 is 0 Å². The van der Waals surface area contributed by atoms with Crippen LogP contribution >= 0.6 is 7.82 Å². The first-order valence-corrected chi connectivity index (χ1v) is 14.2. The summed E-state index contributed by atoms with van der Waals surface area (Å²) in [5, 5.41) is 56.5. The molecular formula is C22H34N5O15P. The Balaban J connectivity index is 1.83. The van der Waals surface area contributed by atoms with Crippen LogP contribution in [0.1, 0.15) is 33.4 Å². The molecule has 0 bridgehead atoms. The predicted octanol–water partition coefficient (Wildman–Crippen LogP) is -4.10. The van der Waals surface area contributed by atoms with Crippen molar-refractivity contribution >= 4 is 31.4 Å². The quantitative estimate of drug-likeness (QED) is 0.104. The smallest absolute Gasteiger partial charge is 0.475 e. The molecule has 10 N–H and O–H groups in total. The molecule has 2 aliphatic heterocycles. The number of hydrogen-bond acceptors (Lipinski definition) is 15. The lowest BCUT2D eigenvalue weighted by molar-refractivity contribution is -0.276. The average molecular weight is 640 g/mol. The van der Waals surface area contributed by atoms with Gasteiger partial charge in [0.05, 0.1) is 30.9 Å². The van der Waals surface area contributed by atoms with Crippen LogP contribution in [-0.2, 0) is 37.5 Å². The topological polar surface area (TPSA) is 312 Å². The van der Waals surface area contributed by atoms with Crippen molar-refractivity contribution in [1.82, 2.24) is 20.2 Å². The van der Waals surface area contributed by atoms with Gasteiger partial charge in [0.2, 0.25) is 11.8 Å². The molecule has 0 saturated carbocycles. The molecule has 2 aliphatic rings. The average Bonchev–Trinajstić information content (AvgIpc) is 3.15. The van der Waals surface area contributed by atoms with E-state index in [1.165, 1.54) is 13.0 Å². The summed E-state index contributed by atoms with van der Waals surface area (Å²) in [5.41, 5.74) is 4.49. The van der Waals surface area contributed by atoms with E-state index in [1.807, 2.05) is 0 Å². The Kier molecular flexibility index (Phi) is 10.7. The molecule has 0 aromatic carbocycles. The minimum atomic E-state index is -5.49. The van der Waals surface area contributed by atoms with Crippen molar-refractivity contribution in [3.8, 4) is 0 Å². The van der Waals surface area contributed by atoms with Crippen LogP contribution in [0, 0.1) is 0 Å². The molecule has 20 nitrogen and oxygen atoms in total. The third kappa shape index (κ3) is 7.92. The van der Waals surface area contributed by atoms with Gasteiger partial charge in [0.25, 0.3) is 5.79 Å². The molecule has 2 amide bonds. The lowest BCUT2D eigenvalue weighted by Gasteiger charge is -2.47. The van der Waals surface area contributed by atoms with Gasteiger partial charge in [0.15, 0.2) is 6.23 Å². The van der Waals surface area contributed by atoms with Crippen LogP contribution in [0.5, 0.6) is 0 Å². The highest BCUT2D eigenvalue weighted by Crippen LogP contribution is 2.51. The Labute approximate surface area is 242 Å². The van der Waals surface area contributed by atoms with Crippen molar-refractivity contribution in [3.63, 3.8) is 0 Å². The molecule has 21 heteroatoms. The van der Waals surface area contributed by atoms with Gasteiger partial charge in [-0.1, -0.05) is 0 Å². The Morgan fingerprint density at radius 1 is 1.26 bits per heavy atom. The number of carbonyl (C=O) groups excluding carboxylic acids is 2. The number of rotatable bonds is 11. The predicted molar refractivity (Wildman–Crippen MR) is 138 cm³/mol. The molecule has 242 valence electrons. The monoisotopic (exact) mass is 639 g/mol. The molecule has 0 spiro atoms. The van der Waals surface area contributed by atoms with E-state index in [-0.39, 0.29) is 5.82 Å². The Morgan fingerprint density at radius 2 is 1.91 bits per heavy atom. The van der Waals surface area contributed by atoms with E-state index in [4.69, 9.17) is 24.3 Å². The fourth-order valence-electron chi connectivity index (χ4n) is 4.72. The first kappa shape index (κ1) is 34.5. The number of carboxylic acids is 1. The number of ether oxygens (including phenoxy) is 2. The molecule has 2 saturated heterocycles. The number of hydrogen-bond donors (Lipinski definition) is 9. The number of nitrogens with zero attached hydrogens (tertiary/aromatic N) is 2. The number of amides is 2. The summed E-state index contributed by atoms with van der Waals surface area (Å²) in [6.07, 6.45) is -11.5. The van der Waals surface area contributed by atoms with Crippen molar-refractivity contribution in [1.29, 1.82) is 0 Å². The van der Waals surface area contributed by atoms with Crippen LogP contribution in [0.15, 0.2) is 17.1 Å². The van der Waals surface area contributed by atoms with Gasteiger partial charge in [0, 0.05) is 26.5 Å². The van der Waals surface area contributed by atoms with Gasteiger partial charge in [-0.05, 0) is 13.0 Å². The van der Waals surface area contributed by atoms with Crippen LogP contribution in [0.2, 0.25) is 0 Å². The third-order valence-corrected chi connectivity index (χ3v) is 7.64. The van der Waals surface area contributed by atoms with Crippen molar-refractivity contribution < 1.29 is 67.9 Å². The number of nitrogen functional groups attached to an aromatic ring is 1. The summed E-state index contributed by atoms with van der Waals surface area (Å²) in [4.78, 5) is 62.0. The molecule has 2 fully saturated rings. The number of aliphatic hydroxyl groups excluding tert-OH is 4. The molecule has 1 unspecified atom stereocenters. The molecule has 0 radical (unpaired) electrons. The SMILES string of the molecule is CC(=O)N[C@@H]([C@@H]1O[C@@](OP(=O)(O)OC[C@H]2O[C@@H](n3ccc(N)nc3=O)[C@H](O)[C@@H]2O)(C(=O)O)C[C@H](O)[C@H]1NC(C)=O)[C@@H](C)O. The number of phosphoric acid groups is 1. The zero-order valence-electron chi connectivity index (χ0n) is 23.0. The van der Waals surface area contributed by atoms with Crippen molar-refractivity contribution in [2.45, 2.75) is 87.9 Å². The molecule has 43 heavy (non-hydrogen) atoms. The van der Waals surface area contributed by atoms with Gasteiger partial charge in [0.1, 0.15) is 30.2 Å². The molecule has 3 rings (SSSR count).